The van der Waals surface area contributed by atoms with Gasteiger partial charge in [-0.25, -0.2) is 0 Å². The second kappa shape index (κ2) is 11.9. The van der Waals surface area contributed by atoms with Crippen molar-refractivity contribution in [3.63, 3.8) is 0 Å². The zero-order chi connectivity index (χ0) is 18.1. The molecule has 1 N–H and O–H groups in total. The van der Waals surface area contributed by atoms with Crippen LogP contribution in [0.15, 0.2) is 48.5 Å². The largest absolute Gasteiger partial charge is 0.491 e. The topological polar surface area (TPSA) is 32.7 Å². The summed E-state index contributed by atoms with van der Waals surface area (Å²) in [5.41, 5.74) is 3.94. The van der Waals surface area contributed by atoms with Gasteiger partial charge in [-0.2, -0.15) is 0 Å². The quantitative estimate of drug-likeness (QED) is 0.627. The van der Waals surface area contributed by atoms with E-state index in [2.05, 4.69) is 43.3 Å². The number of nitrogens with zero attached hydrogens (tertiary/aromatic N) is 1. The Morgan fingerprint density at radius 3 is 2.31 bits per heavy atom. The minimum absolute atomic E-state index is 0. The average molecular weight is 378 g/mol. The van der Waals surface area contributed by atoms with Crippen LogP contribution >= 0.6 is 12.4 Å². The molecule has 2 aromatic rings. The van der Waals surface area contributed by atoms with Gasteiger partial charge in [-0.15, -0.1) is 12.4 Å². The molecule has 0 saturated carbocycles. The molecule has 0 amide bonds. The SMILES string of the molecule is Cc1ccc(CCCCc2ccccc2OCC(O)CN(C)C)cc1.Cl. The lowest BCUT2D eigenvalue weighted by atomic mass is 10.0. The van der Waals surface area contributed by atoms with Crippen molar-refractivity contribution >= 4 is 12.4 Å². The summed E-state index contributed by atoms with van der Waals surface area (Å²) in [6.07, 6.45) is 3.95. The molecule has 2 rings (SSSR count). The van der Waals surface area contributed by atoms with Crippen molar-refractivity contribution in [1.82, 2.24) is 4.90 Å². The van der Waals surface area contributed by atoms with Crippen LogP contribution < -0.4 is 4.74 Å². The second-order valence-corrected chi connectivity index (χ2v) is 7.03. The zero-order valence-corrected chi connectivity index (χ0v) is 17.0. The number of aliphatic hydroxyl groups excluding tert-OH is 1. The molecular weight excluding hydrogens is 346 g/mol. The summed E-state index contributed by atoms with van der Waals surface area (Å²) >= 11 is 0. The van der Waals surface area contributed by atoms with E-state index in [1.807, 2.05) is 31.1 Å². The molecule has 144 valence electrons. The van der Waals surface area contributed by atoms with Crippen LogP contribution in [0.3, 0.4) is 0 Å². The third kappa shape index (κ3) is 8.22. The van der Waals surface area contributed by atoms with E-state index in [9.17, 15) is 5.11 Å². The normalized spacial score (nSPS) is 11.9. The van der Waals surface area contributed by atoms with E-state index in [1.165, 1.54) is 23.1 Å². The van der Waals surface area contributed by atoms with Crippen molar-refractivity contribution in [2.75, 3.05) is 27.2 Å². The fraction of sp³-hybridized carbons (Fsp3) is 0.455. The number of hydrogen-bond donors (Lipinski definition) is 1. The molecule has 0 fully saturated rings. The third-order valence-corrected chi connectivity index (χ3v) is 4.26. The van der Waals surface area contributed by atoms with E-state index in [0.717, 1.165) is 25.0 Å². The summed E-state index contributed by atoms with van der Waals surface area (Å²) in [6.45, 7) is 3.06. The van der Waals surface area contributed by atoms with Crippen molar-refractivity contribution in [3.05, 3.63) is 65.2 Å². The predicted octanol–water partition coefficient (Wildman–Crippen LogP) is 4.28. The first kappa shape index (κ1) is 22.5. The number of rotatable bonds is 10. The zero-order valence-electron chi connectivity index (χ0n) is 16.1. The Morgan fingerprint density at radius 1 is 0.962 bits per heavy atom. The van der Waals surface area contributed by atoms with Gasteiger partial charge in [-0.3, -0.25) is 0 Å². The van der Waals surface area contributed by atoms with Crippen LogP contribution in [0.1, 0.15) is 29.5 Å². The minimum Gasteiger partial charge on any atom is -0.491 e. The second-order valence-electron chi connectivity index (χ2n) is 7.03. The van der Waals surface area contributed by atoms with E-state index in [0.29, 0.717) is 13.2 Å². The molecular formula is C22H32ClNO2. The van der Waals surface area contributed by atoms with E-state index in [4.69, 9.17) is 4.74 Å². The van der Waals surface area contributed by atoms with Gasteiger partial charge in [-0.05, 0) is 63.9 Å². The molecule has 3 nitrogen and oxygen atoms in total. The van der Waals surface area contributed by atoms with E-state index in [-0.39, 0.29) is 12.4 Å². The first-order valence-corrected chi connectivity index (χ1v) is 9.13. The summed E-state index contributed by atoms with van der Waals surface area (Å²) in [7, 11) is 3.90. The van der Waals surface area contributed by atoms with Crippen molar-refractivity contribution < 1.29 is 9.84 Å². The fourth-order valence-electron chi connectivity index (χ4n) is 2.91. The highest BCUT2D eigenvalue weighted by molar-refractivity contribution is 5.85. The first-order valence-electron chi connectivity index (χ1n) is 9.13. The van der Waals surface area contributed by atoms with Gasteiger partial charge in [0.25, 0.3) is 0 Å². The Morgan fingerprint density at radius 2 is 1.62 bits per heavy atom. The molecule has 1 unspecified atom stereocenters. The van der Waals surface area contributed by atoms with Gasteiger partial charge < -0.3 is 14.7 Å². The number of halogens is 1. The summed E-state index contributed by atoms with van der Waals surface area (Å²) in [5.74, 6) is 0.899. The Labute approximate surface area is 164 Å². The maximum Gasteiger partial charge on any atom is 0.122 e. The summed E-state index contributed by atoms with van der Waals surface area (Å²) in [4.78, 5) is 1.96. The van der Waals surface area contributed by atoms with E-state index in [1.54, 1.807) is 0 Å². The average Bonchev–Trinajstić information content (AvgIpc) is 2.58. The van der Waals surface area contributed by atoms with Crippen LogP contribution in [0.2, 0.25) is 0 Å². The highest BCUT2D eigenvalue weighted by Crippen LogP contribution is 2.21. The van der Waals surface area contributed by atoms with Crippen LogP contribution in [-0.4, -0.2) is 43.4 Å². The highest BCUT2D eigenvalue weighted by atomic mass is 35.5. The molecule has 0 spiro atoms. The van der Waals surface area contributed by atoms with Crippen LogP contribution in [0.25, 0.3) is 0 Å². The van der Waals surface area contributed by atoms with Gasteiger partial charge in [0, 0.05) is 6.54 Å². The highest BCUT2D eigenvalue weighted by Gasteiger charge is 2.09. The Bertz CT molecular complexity index is 628. The molecule has 0 aromatic heterocycles. The van der Waals surface area contributed by atoms with Gasteiger partial charge in [-0.1, -0.05) is 48.0 Å². The van der Waals surface area contributed by atoms with Crippen molar-refractivity contribution in [2.45, 2.75) is 38.7 Å². The Kier molecular flexibility index (Phi) is 10.3. The summed E-state index contributed by atoms with van der Waals surface area (Å²) < 4.78 is 5.85. The lowest BCUT2D eigenvalue weighted by Gasteiger charge is -2.18. The molecule has 0 bridgehead atoms. The Balaban J connectivity index is 0.00000338. The number of aliphatic hydroxyl groups is 1. The van der Waals surface area contributed by atoms with Gasteiger partial charge in [0.1, 0.15) is 18.5 Å². The van der Waals surface area contributed by atoms with Gasteiger partial charge >= 0.3 is 0 Å². The molecule has 0 saturated heterocycles. The number of unbranched alkanes of at least 4 members (excludes halogenated alkanes) is 1. The minimum atomic E-state index is -0.468. The molecule has 4 heteroatoms. The molecule has 0 aliphatic heterocycles. The molecule has 1 atom stereocenters. The van der Waals surface area contributed by atoms with Gasteiger partial charge in [0.05, 0.1) is 0 Å². The van der Waals surface area contributed by atoms with Crippen molar-refractivity contribution in [2.24, 2.45) is 0 Å². The molecule has 2 aromatic carbocycles. The number of aryl methyl sites for hydroxylation is 3. The van der Waals surface area contributed by atoms with Gasteiger partial charge in [0.15, 0.2) is 0 Å². The van der Waals surface area contributed by atoms with Crippen molar-refractivity contribution in [1.29, 1.82) is 0 Å². The molecule has 0 aliphatic rings. The molecule has 0 aliphatic carbocycles. The lowest BCUT2D eigenvalue weighted by molar-refractivity contribution is 0.0827. The Hall–Kier alpha value is -1.55. The van der Waals surface area contributed by atoms with Gasteiger partial charge in [0.2, 0.25) is 0 Å². The van der Waals surface area contributed by atoms with E-state index < -0.39 is 6.10 Å². The number of hydrogen-bond acceptors (Lipinski definition) is 3. The van der Waals surface area contributed by atoms with Crippen molar-refractivity contribution in [3.8, 4) is 5.75 Å². The number of likely N-dealkylation sites (N-methyl/N-ethyl adjacent to an activating group) is 1. The maximum atomic E-state index is 9.96. The monoisotopic (exact) mass is 377 g/mol. The van der Waals surface area contributed by atoms with E-state index >= 15 is 0 Å². The smallest absolute Gasteiger partial charge is 0.122 e. The predicted molar refractivity (Wildman–Crippen MR) is 112 cm³/mol. The number of para-hydroxylation sites is 1. The number of ether oxygens (including phenoxy) is 1. The third-order valence-electron chi connectivity index (χ3n) is 4.26. The molecule has 0 heterocycles. The fourth-order valence-corrected chi connectivity index (χ4v) is 2.91. The summed E-state index contributed by atoms with van der Waals surface area (Å²) in [5, 5.41) is 9.96. The first-order chi connectivity index (χ1) is 12.0. The molecule has 0 radical (unpaired) electrons. The summed E-state index contributed by atoms with van der Waals surface area (Å²) in [6, 6.07) is 17.0. The van der Waals surface area contributed by atoms with Crippen LogP contribution in [0.5, 0.6) is 5.75 Å². The van der Waals surface area contributed by atoms with Crippen LogP contribution in [0, 0.1) is 6.92 Å². The van der Waals surface area contributed by atoms with Crippen LogP contribution in [0.4, 0.5) is 0 Å². The van der Waals surface area contributed by atoms with Crippen LogP contribution in [-0.2, 0) is 12.8 Å². The maximum absolute atomic E-state index is 9.96. The standard InChI is InChI=1S/C22H31NO2.ClH/c1-18-12-14-19(15-13-18)8-4-5-9-20-10-6-7-11-22(20)25-17-21(24)16-23(2)3;/h6-7,10-15,21,24H,4-5,8-9,16-17H2,1-3H3;1H. The number of benzene rings is 2. The lowest BCUT2D eigenvalue weighted by Crippen LogP contribution is -2.30. The molecule has 26 heavy (non-hydrogen) atoms.